The minimum atomic E-state index is -3.66. The van der Waals surface area contributed by atoms with Crippen LogP contribution in [0.1, 0.15) is 23.1 Å². The molecule has 0 aromatic heterocycles. The normalized spacial score (nSPS) is 16.2. The molecule has 0 radical (unpaired) electrons. The van der Waals surface area contributed by atoms with E-state index in [1.807, 2.05) is 18.2 Å². The van der Waals surface area contributed by atoms with Crippen molar-refractivity contribution in [1.82, 2.24) is 4.31 Å². The monoisotopic (exact) mass is 495 g/mol. The molecule has 34 heavy (non-hydrogen) atoms. The number of hydrogen-bond donors (Lipinski definition) is 0. The van der Waals surface area contributed by atoms with E-state index in [0.29, 0.717) is 42.4 Å². The van der Waals surface area contributed by atoms with Crippen molar-refractivity contribution in [3.05, 3.63) is 88.4 Å². The van der Waals surface area contributed by atoms with Gasteiger partial charge in [-0.05, 0) is 54.8 Å². The fourth-order valence-corrected chi connectivity index (χ4v) is 6.01. The fourth-order valence-electron chi connectivity index (χ4n) is 4.27. The van der Waals surface area contributed by atoms with Crippen molar-refractivity contribution in [2.24, 2.45) is 0 Å². The van der Waals surface area contributed by atoms with Gasteiger partial charge in [0.1, 0.15) is 11.8 Å². The van der Waals surface area contributed by atoms with Gasteiger partial charge in [0.05, 0.1) is 22.6 Å². The molecule has 1 atom stereocenters. The first kappa shape index (κ1) is 24.1. The lowest BCUT2D eigenvalue weighted by atomic mass is 10.1. The summed E-state index contributed by atoms with van der Waals surface area (Å²) in [7, 11) is -2.14. The highest BCUT2D eigenvalue weighted by atomic mass is 35.5. The van der Waals surface area contributed by atoms with E-state index in [1.165, 1.54) is 11.4 Å². The summed E-state index contributed by atoms with van der Waals surface area (Å²) in [6.07, 6.45) is 0.673. The zero-order chi connectivity index (χ0) is 24.3. The molecule has 6 nitrogen and oxygen atoms in total. The maximum atomic E-state index is 13.4. The highest BCUT2D eigenvalue weighted by molar-refractivity contribution is 7.89. The van der Waals surface area contributed by atoms with Crippen LogP contribution in [0.2, 0.25) is 5.02 Å². The molecule has 0 saturated carbocycles. The van der Waals surface area contributed by atoms with E-state index >= 15 is 0 Å². The summed E-state index contributed by atoms with van der Waals surface area (Å²) in [5.74, 6) is 0.505. The smallest absolute Gasteiger partial charge is 0.243 e. The Morgan fingerprint density at radius 2 is 1.94 bits per heavy atom. The quantitative estimate of drug-likeness (QED) is 0.461. The molecule has 1 heterocycles. The highest BCUT2D eigenvalue weighted by Crippen LogP contribution is 2.32. The minimum Gasteiger partial charge on any atom is -0.497 e. The fraction of sp³-hybridized carbons (Fsp3) is 0.269. The van der Waals surface area contributed by atoms with Crippen LogP contribution >= 0.6 is 11.6 Å². The first-order valence-corrected chi connectivity index (χ1v) is 12.8. The zero-order valence-electron chi connectivity index (χ0n) is 19.1. The first-order valence-electron chi connectivity index (χ1n) is 11.0. The number of sulfonamides is 1. The third-order valence-electron chi connectivity index (χ3n) is 6.25. The predicted molar refractivity (Wildman–Crippen MR) is 134 cm³/mol. The van der Waals surface area contributed by atoms with Crippen LogP contribution in [0.4, 0.5) is 5.69 Å². The number of rotatable bonds is 7. The average Bonchev–Trinajstić information content (AvgIpc) is 3.34. The molecule has 1 fully saturated rings. The van der Waals surface area contributed by atoms with Crippen molar-refractivity contribution < 1.29 is 13.2 Å². The number of methoxy groups -OCH3 is 1. The Labute approximate surface area is 206 Å². The molecule has 1 aliphatic heterocycles. The molecule has 0 N–H and O–H groups in total. The summed E-state index contributed by atoms with van der Waals surface area (Å²) in [6, 6.07) is 22.1. The third kappa shape index (κ3) is 4.90. The summed E-state index contributed by atoms with van der Waals surface area (Å²) in [6.45, 7) is 3.43. The second kappa shape index (κ2) is 10.1. The largest absolute Gasteiger partial charge is 0.497 e. The molecule has 3 aromatic rings. The van der Waals surface area contributed by atoms with Gasteiger partial charge in [-0.25, -0.2) is 8.42 Å². The van der Waals surface area contributed by atoms with Crippen molar-refractivity contribution in [3.8, 4) is 11.8 Å². The highest BCUT2D eigenvalue weighted by Gasteiger charge is 2.36. The van der Waals surface area contributed by atoms with Gasteiger partial charge in [0.15, 0.2) is 0 Å². The number of anilines is 1. The predicted octanol–water partition coefficient (Wildman–Crippen LogP) is 5.00. The Hall–Kier alpha value is -3.05. The Bertz CT molecular complexity index is 1340. The topological polar surface area (TPSA) is 73.6 Å². The Morgan fingerprint density at radius 3 is 2.65 bits per heavy atom. The summed E-state index contributed by atoms with van der Waals surface area (Å²) in [5.41, 5.74) is 3.58. The molecule has 0 spiro atoms. The Balaban J connectivity index is 1.65. The first-order chi connectivity index (χ1) is 16.3. The number of halogens is 1. The van der Waals surface area contributed by atoms with Gasteiger partial charge in [-0.1, -0.05) is 41.9 Å². The summed E-state index contributed by atoms with van der Waals surface area (Å²) < 4.78 is 33.4. The van der Waals surface area contributed by atoms with E-state index in [9.17, 15) is 13.7 Å². The van der Waals surface area contributed by atoms with Gasteiger partial charge in [-0.15, -0.1) is 0 Å². The van der Waals surface area contributed by atoms with Crippen LogP contribution in [0, 0.1) is 18.3 Å². The molecular weight excluding hydrogens is 470 g/mol. The SMILES string of the molecule is COc1cccc(S(=O)(=O)N2CC[C@H](N(Cc3ccccc3C)c3ccc(C#N)c(Cl)c3)C2)c1. The van der Waals surface area contributed by atoms with Crippen LogP contribution in [0.5, 0.6) is 5.75 Å². The molecule has 4 rings (SSSR count). The molecule has 176 valence electrons. The number of benzene rings is 3. The molecular formula is C26H26ClN3O3S. The molecule has 1 aliphatic rings. The number of ether oxygens (including phenoxy) is 1. The molecule has 0 amide bonds. The Kier molecular flexibility index (Phi) is 7.13. The number of nitriles is 1. The molecule has 0 bridgehead atoms. The molecule has 8 heteroatoms. The average molecular weight is 496 g/mol. The third-order valence-corrected chi connectivity index (χ3v) is 8.43. The van der Waals surface area contributed by atoms with Gasteiger partial charge in [0.2, 0.25) is 10.0 Å². The van der Waals surface area contributed by atoms with Gasteiger partial charge in [0, 0.05) is 37.4 Å². The molecule has 0 unspecified atom stereocenters. The zero-order valence-corrected chi connectivity index (χ0v) is 20.7. The van der Waals surface area contributed by atoms with Crippen LogP contribution in [0.15, 0.2) is 71.6 Å². The maximum Gasteiger partial charge on any atom is 0.243 e. The van der Waals surface area contributed by atoms with E-state index in [2.05, 4.69) is 30.0 Å². The van der Waals surface area contributed by atoms with Gasteiger partial charge in [0.25, 0.3) is 0 Å². The van der Waals surface area contributed by atoms with E-state index in [-0.39, 0.29) is 10.9 Å². The number of nitrogens with zero attached hydrogens (tertiary/aromatic N) is 3. The van der Waals surface area contributed by atoms with Crippen molar-refractivity contribution >= 4 is 27.3 Å². The second-order valence-electron chi connectivity index (χ2n) is 8.31. The van der Waals surface area contributed by atoms with Crippen LogP contribution in [-0.2, 0) is 16.6 Å². The number of hydrogen-bond acceptors (Lipinski definition) is 5. The Morgan fingerprint density at radius 1 is 1.15 bits per heavy atom. The van der Waals surface area contributed by atoms with Gasteiger partial charge < -0.3 is 9.64 Å². The second-order valence-corrected chi connectivity index (χ2v) is 10.7. The van der Waals surface area contributed by atoms with Crippen molar-refractivity contribution in [1.29, 1.82) is 5.26 Å². The summed E-state index contributed by atoms with van der Waals surface area (Å²) in [4.78, 5) is 2.41. The lowest BCUT2D eigenvalue weighted by molar-refractivity contribution is 0.412. The van der Waals surface area contributed by atoms with Crippen molar-refractivity contribution in [2.45, 2.75) is 30.8 Å². The van der Waals surface area contributed by atoms with E-state index in [1.54, 1.807) is 36.4 Å². The van der Waals surface area contributed by atoms with Crippen molar-refractivity contribution in [2.75, 3.05) is 25.1 Å². The summed E-state index contributed by atoms with van der Waals surface area (Å²) in [5, 5.41) is 9.65. The van der Waals surface area contributed by atoms with Crippen LogP contribution in [0.3, 0.4) is 0 Å². The van der Waals surface area contributed by atoms with Gasteiger partial charge >= 0.3 is 0 Å². The van der Waals surface area contributed by atoms with E-state index in [0.717, 1.165) is 16.8 Å². The van der Waals surface area contributed by atoms with Gasteiger partial charge in [-0.2, -0.15) is 9.57 Å². The summed E-state index contributed by atoms with van der Waals surface area (Å²) >= 11 is 6.36. The van der Waals surface area contributed by atoms with Crippen LogP contribution in [-0.4, -0.2) is 39.0 Å². The molecule has 0 aliphatic carbocycles. The van der Waals surface area contributed by atoms with Crippen LogP contribution in [0.25, 0.3) is 0 Å². The molecule has 1 saturated heterocycles. The van der Waals surface area contributed by atoms with E-state index < -0.39 is 10.0 Å². The number of aryl methyl sites for hydroxylation is 1. The standard InChI is InChI=1S/C26H26ClN3O3S/c1-19-6-3-4-7-21(19)17-30(22-11-10-20(16-28)26(27)14-22)23-12-13-29(18-23)34(31,32)25-9-5-8-24(15-25)33-2/h3-11,14-15,23H,12-13,17-18H2,1-2H3/t23-/m0/s1. The maximum absolute atomic E-state index is 13.4. The lowest BCUT2D eigenvalue weighted by Gasteiger charge is -2.32. The minimum absolute atomic E-state index is 0.0519. The lowest BCUT2D eigenvalue weighted by Crippen LogP contribution is -2.38. The molecule has 3 aromatic carbocycles. The van der Waals surface area contributed by atoms with Crippen molar-refractivity contribution in [3.63, 3.8) is 0 Å². The van der Waals surface area contributed by atoms with Crippen LogP contribution < -0.4 is 9.64 Å². The van der Waals surface area contributed by atoms with E-state index in [4.69, 9.17) is 16.3 Å². The van der Waals surface area contributed by atoms with Gasteiger partial charge in [-0.3, -0.25) is 0 Å².